The second kappa shape index (κ2) is 5.18. The van der Waals surface area contributed by atoms with Gasteiger partial charge in [0, 0.05) is 19.1 Å². The highest BCUT2D eigenvalue weighted by Crippen LogP contribution is 2.25. The van der Waals surface area contributed by atoms with Crippen molar-refractivity contribution in [3.05, 3.63) is 29.6 Å². The van der Waals surface area contributed by atoms with Gasteiger partial charge >= 0.3 is 0 Å². The minimum Gasteiger partial charge on any atom is -0.508 e. The summed E-state index contributed by atoms with van der Waals surface area (Å²) < 4.78 is 10.4. The molecular weight excluding hydrogens is 232 g/mol. The minimum absolute atomic E-state index is 0.0522. The molecule has 0 saturated carbocycles. The Hall–Kier alpha value is -1.88. The van der Waals surface area contributed by atoms with Crippen molar-refractivity contribution in [2.45, 2.75) is 26.4 Å². The molecule has 5 nitrogen and oxygen atoms in total. The van der Waals surface area contributed by atoms with Gasteiger partial charge in [-0.05, 0) is 37.6 Å². The highest BCUT2D eigenvalue weighted by atomic mass is 16.5. The van der Waals surface area contributed by atoms with Crippen LogP contribution in [-0.4, -0.2) is 28.5 Å². The van der Waals surface area contributed by atoms with E-state index in [1.165, 1.54) is 0 Å². The van der Waals surface area contributed by atoms with Gasteiger partial charge in [-0.2, -0.15) is 4.98 Å². The number of rotatable bonds is 4. The third-order valence-corrected chi connectivity index (χ3v) is 2.78. The number of aromatic hydroxyl groups is 1. The maximum absolute atomic E-state index is 9.36. The summed E-state index contributed by atoms with van der Waals surface area (Å²) in [5, 5.41) is 13.3. The zero-order valence-corrected chi connectivity index (χ0v) is 10.7. The van der Waals surface area contributed by atoms with Crippen LogP contribution in [0.25, 0.3) is 11.5 Å². The predicted octanol–water partition coefficient (Wildman–Crippen LogP) is 2.33. The zero-order chi connectivity index (χ0) is 13.1. The summed E-state index contributed by atoms with van der Waals surface area (Å²) in [6.45, 7) is 3.83. The van der Waals surface area contributed by atoms with Crippen LogP contribution in [0.3, 0.4) is 0 Å². The summed E-state index contributed by atoms with van der Waals surface area (Å²) in [7, 11) is 1.65. The first-order chi connectivity index (χ1) is 8.60. The molecule has 0 aliphatic carbocycles. The normalized spacial score (nSPS) is 12.6. The van der Waals surface area contributed by atoms with E-state index in [-0.39, 0.29) is 11.9 Å². The van der Waals surface area contributed by atoms with Crippen molar-refractivity contribution in [3.63, 3.8) is 0 Å². The van der Waals surface area contributed by atoms with Crippen molar-refractivity contribution in [2.75, 3.05) is 7.11 Å². The van der Waals surface area contributed by atoms with Gasteiger partial charge < -0.3 is 14.4 Å². The molecule has 1 atom stereocenters. The average molecular weight is 248 g/mol. The number of ether oxygens (including phenoxy) is 1. The summed E-state index contributed by atoms with van der Waals surface area (Å²) in [5.74, 6) is 1.31. The molecule has 1 heterocycles. The molecule has 0 fully saturated rings. The van der Waals surface area contributed by atoms with Crippen LogP contribution in [-0.2, 0) is 11.2 Å². The molecular formula is C13H16N2O3. The van der Waals surface area contributed by atoms with Crippen LogP contribution in [0, 0.1) is 6.92 Å². The lowest BCUT2D eigenvalue weighted by Crippen LogP contribution is -2.09. The minimum atomic E-state index is 0.0522. The number of hydrogen-bond donors (Lipinski definition) is 1. The number of hydrogen-bond acceptors (Lipinski definition) is 5. The lowest BCUT2D eigenvalue weighted by molar-refractivity contribution is 0.116. The summed E-state index contributed by atoms with van der Waals surface area (Å²) >= 11 is 0. The largest absolute Gasteiger partial charge is 0.508 e. The first kappa shape index (κ1) is 12.6. The van der Waals surface area contributed by atoms with Crippen LogP contribution in [0.15, 0.2) is 22.7 Å². The van der Waals surface area contributed by atoms with Crippen LogP contribution in [0.1, 0.15) is 18.3 Å². The highest BCUT2D eigenvalue weighted by molar-refractivity contribution is 5.59. The van der Waals surface area contributed by atoms with Crippen molar-refractivity contribution < 1.29 is 14.4 Å². The number of methoxy groups -OCH3 is 1. The van der Waals surface area contributed by atoms with Crippen LogP contribution in [0.5, 0.6) is 5.75 Å². The third-order valence-electron chi connectivity index (χ3n) is 2.78. The van der Waals surface area contributed by atoms with Gasteiger partial charge in [0.2, 0.25) is 0 Å². The molecule has 1 aromatic carbocycles. The maximum atomic E-state index is 9.36. The molecule has 0 saturated heterocycles. The zero-order valence-electron chi connectivity index (χ0n) is 10.7. The molecule has 0 spiro atoms. The molecule has 1 unspecified atom stereocenters. The first-order valence-electron chi connectivity index (χ1n) is 5.75. The monoisotopic (exact) mass is 248 g/mol. The summed E-state index contributed by atoms with van der Waals surface area (Å²) in [4.78, 5) is 4.32. The Morgan fingerprint density at radius 2 is 2.22 bits per heavy atom. The molecule has 5 heteroatoms. The van der Waals surface area contributed by atoms with E-state index in [0.29, 0.717) is 18.1 Å². The van der Waals surface area contributed by atoms with Crippen LogP contribution in [0.2, 0.25) is 0 Å². The van der Waals surface area contributed by atoms with Gasteiger partial charge in [-0.15, -0.1) is 0 Å². The van der Waals surface area contributed by atoms with Crippen molar-refractivity contribution in [2.24, 2.45) is 0 Å². The maximum Gasteiger partial charge on any atom is 0.258 e. The Balaban J connectivity index is 2.24. The Morgan fingerprint density at radius 3 is 2.89 bits per heavy atom. The van der Waals surface area contributed by atoms with Gasteiger partial charge in [-0.25, -0.2) is 0 Å². The fraction of sp³-hybridized carbons (Fsp3) is 0.385. The summed E-state index contributed by atoms with van der Waals surface area (Å²) in [6.07, 6.45) is 0.660. The van der Waals surface area contributed by atoms with E-state index >= 15 is 0 Å². The smallest absolute Gasteiger partial charge is 0.258 e. The molecule has 2 rings (SSSR count). The van der Waals surface area contributed by atoms with Crippen molar-refractivity contribution >= 4 is 0 Å². The average Bonchev–Trinajstić information content (AvgIpc) is 2.77. The number of nitrogens with zero attached hydrogens (tertiary/aromatic N) is 2. The molecule has 1 aromatic heterocycles. The van der Waals surface area contributed by atoms with Gasteiger partial charge in [0.05, 0.1) is 6.10 Å². The highest BCUT2D eigenvalue weighted by Gasteiger charge is 2.13. The van der Waals surface area contributed by atoms with E-state index < -0.39 is 0 Å². The summed E-state index contributed by atoms with van der Waals surface area (Å²) in [6, 6.07) is 5.03. The fourth-order valence-electron chi connectivity index (χ4n) is 1.67. The SMILES string of the molecule is COC(C)Cc1noc(-c2ccc(O)cc2C)n1. The molecule has 96 valence electrons. The van der Waals surface area contributed by atoms with Gasteiger partial charge in [-0.1, -0.05) is 5.16 Å². The van der Waals surface area contributed by atoms with E-state index in [9.17, 15) is 5.11 Å². The van der Waals surface area contributed by atoms with Gasteiger partial charge in [0.15, 0.2) is 5.82 Å². The number of phenolic OH excluding ortho intramolecular Hbond substituents is 1. The van der Waals surface area contributed by atoms with Crippen molar-refractivity contribution in [1.29, 1.82) is 0 Å². The predicted molar refractivity (Wildman–Crippen MR) is 66.3 cm³/mol. The quantitative estimate of drug-likeness (QED) is 0.899. The first-order valence-corrected chi connectivity index (χ1v) is 5.75. The van der Waals surface area contributed by atoms with Crippen molar-refractivity contribution in [3.8, 4) is 17.2 Å². The van der Waals surface area contributed by atoms with Crippen LogP contribution >= 0.6 is 0 Å². The number of aryl methyl sites for hydroxylation is 1. The van der Waals surface area contributed by atoms with E-state index in [2.05, 4.69) is 10.1 Å². The third kappa shape index (κ3) is 2.68. The molecule has 0 aliphatic heterocycles. The van der Waals surface area contributed by atoms with Gasteiger partial charge in [0.25, 0.3) is 5.89 Å². The topological polar surface area (TPSA) is 68.4 Å². The molecule has 0 radical (unpaired) electrons. The fourth-order valence-corrected chi connectivity index (χ4v) is 1.67. The number of phenols is 1. The Bertz CT molecular complexity index is 537. The molecule has 18 heavy (non-hydrogen) atoms. The van der Waals surface area contributed by atoms with Gasteiger partial charge in [-0.3, -0.25) is 0 Å². The second-order valence-corrected chi connectivity index (χ2v) is 4.27. The van der Waals surface area contributed by atoms with E-state index in [1.807, 2.05) is 13.8 Å². The van der Waals surface area contributed by atoms with Gasteiger partial charge in [0.1, 0.15) is 5.75 Å². The van der Waals surface area contributed by atoms with Crippen LogP contribution < -0.4 is 0 Å². The second-order valence-electron chi connectivity index (χ2n) is 4.27. The molecule has 2 aromatic rings. The van der Waals surface area contributed by atoms with Crippen LogP contribution in [0.4, 0.5) is 0 Å². The standard InChI is InChI=1S/C13H16N2O3/c1-8-6-10(16)4-5-11(8)13-14-12(15-18-13)7-9(2)17-3/h4-6,9,16H,7H2,1-3H3. The molecule has 1 N–H and O–H groups in total. The van der Waals surface area contributed by atoms with E-state index in [1.54, 1.807) is 25.3 Å². The molecule has 0 aliphatic rings. The Kier molecular flexibility index (Phi) is 3.62. The lowest BCUT2D eigenvalue weighted by Gasteiger charge is -2.04. The van der Waals surface area contributed by atoms with E-state index in [0.717, 1.165) is 11.1 Å². The molecule has 0 amide bonds. The van der Waals surface area contributed by atoms with E-state index in [4.69, 9.17) is 9.26 Å². The lowest BCUT2D eigenvalue weighted by atomic mass is 10.1. The number of benzene rings is 1. The Labute approximate surface area is 105 Å². The van der Waals surface area contributed by atoms with Crippen molar-refractivity contribution in [1.82, 2.24) is 10.1 Å². The Morgan fingerprint density at radius 1 is 1.44 bits per heavy atom. The molecule has 0 bridgehead atoms. The number of aromatic nitrogens is 2. The summed E-state index contributed by atoms with van der Waals surface area (Å²) in [5.41, 5.74) is 1.72.